The largest absolute Gasteiger partial charge is 0.488 e. The zero-order chi connectivity index (χ0) is 15.4. The van der Waals surface area contributed by atoms with Crippen molar-refractivity contribution in [2.45, 2.75) is 18.2 Å². The van der Waals surface area contributed by atoms with Crippen molar-refractivity contribution in [3.8, 4) is 5.75 Å². The summed E-state index contributed by atoms with van der Waals surface area (Å²) in [5.74, 6) is 0.626. The Kier molecular flexibility index (Phi) is 5.72. The van der Waals surface area contributed by atoms with Crippen molar-refractivity contribution >= 4 is 39.7 Å². The average molecular weight is 372 g/mol. The van der Waals surface area contributed by atoms with E-state index in [-0.39, 0.29) is 30.4 Å². The lowest BCUT2D eigenvalue weighted by atomic mass is 10.1. The number of rotatable bonds is 5. The molecule has 0 spiro atoms. The molecule has 21 heavy (non-hydrogen) atoms. The number of thioether (sulfide) groups is 1. The number of hydrogen-bond donors (Lipinski definition) is 2. The number of benzene rings is 1. The Bertz CT molecular complexity index is 558. The number of halogens is 1. The second-order valence-electron chi connectivity index (χ2n) is 4.86. The van der Waals surface area contributed by atoms with Gasteiger partial charge in [0.25, 0.3) is 5.91 Å². The third-order valence-electron chi connectivity index (χ3n) is 3.38. The van der Waals surface area contributed by atoms with Crippen LogP contribution < -0.4 is 10.1 Å². The molecule has 114 valence electrons. The molecule has 4 nitrogen and oxygen atoms in total. The maximum atomic E-state index is 12.3. The van der Waals surface area contributed by atoms with Crippen molar-refractivity contribution in [1.29, 1.82) is 0 Å². The van der Waals surface area contributed by atoms with Crippen LogP contribution in [0.25, 0.3) is 6.08 Å². The van der Waals surface area contributed by atoms with Crippen molar-refractivity contribution < 1.29 is 14.6 Å². The fourth-order valence-electron chi connectivity index (χ4n) is 2.11. The van der Waals surface area contributed by atoms with Gasteiger partial charge in [-0.05, 0) is 37.5 Å². The first kappa shape index (κ1) is 16.4. The van der Waals surface area contributed by atoms with Crippen LogP contribution in [0.3, 0.4) is 0 Å². The summed E-state index contributed by atoms with van der Waals surface area (Å²) >= 11 is 4.95. The van der Waals surface area contributed by atoms with Crippen LogP contribution in [-0.2, 0) is 4.79 Å². The summed E-state index contributed by atoms with van der Waals surface area (Å²) in [7, 11) is 0. The van der Waals surface area contributed by atoms with Crippen molar-refractivity contribution in [1.82, 2.24) is 5.32 Å². The highest BCUT2D eigenvalue weighted by Gasteiger charge is 2.22. The smallest absolute Gasteiger partial charge is 0.250 e. The molecule has 1 aromatic carbocycles. The fraction of sp³-hybridized carbons (Fsp3) is 0.400. The first-order valence-corrected chi connectivity index (χ1v) is 8.70. The standard InChI is InChI=1S/C15H18BrNO3S/c1-9(14(7-18)21-2)17-15(19)11-5-10-6-12(16)3-4-13(10)20-8-11/h3-6,9,14,18H,7-8H2,1-2H3,(H,17,19). The molecular formula is C15H18BrNO3S. The number of carbonyl (C=O) groups excluding carboxylic acids is 1. The summed E-state index contributed by atoms with van der Waals surface area (Å²) < 4.78 is 6.55. The summed E-state index contributed by atoms with van der Waals surface area (Å²) in [5, 5.41) is 12.2. The van der Waals surface area contributed by atoms with Gasteiger partial charge in [0.05, 0.1) is 12.2 Å². The van der Waals surface area contributed by atoms with E-state index in [0.29, 0.717) is 5.57 Å². The van der Waals surface area contributed by atoms with Crippen molar-refractivity contribution in [2.24, 2.45) is 0 Å². The number of aliphatic hydroxyl groups is 1. The molecule has 1 amide bonds. The van der Waals surface area contributed by atoms with Gasteiger partial charge in [0.15, 0.2) is 0 Å². The van der Waals surface area contributed by atoms with Crippen molar-refractivity contribution in [2.75, 3.05) is 19.5 Å². The zero-order valence-corrected chi connectivity index (χ0v) is 14.3. The van der Waals surface area contributed by atoms with Gasteiger partial charge in [-0.3, -0.25) is 4.79 Å². The number of carbonyl (C=O) groups is 1. The molecule has 1 aliphatic heterocycles. The van der Waals surface area contributed by atoms with Gasteiger partial charge in [0.2, 0.25) is 0 Å². The van der Waals surface area contributed by atoms with E-state index in [9.17, 15) is 9.90 Å². The molecule has 2 unspecified atom stereocenters. The van der Waals surface area contributed by atoms with Crippen LogP contribution >= 0.6 is 27.7 Å². The Labute approximate surface area is 137 Å². The van der Waals surface area contributed by atoms with Crippen LogP contribution in [0.4, 0.5) is 0 Å². The summed E-state index contributed by atoms with van der Waals surface area (Å²) in [4.78, 5) is 12.3. The predicted octanol–water partition coefficient (Wildman–Crippen LogP) is 2.45. The minimum Gasteiger partial charge on any atom is -0.488 e. The lowest BCUT2D eigenvalue weighted by molar-refractivity contribution is -0.118. The lowest BCUT2D eigenvalue weighted by Crippen LogP contribution is -2.42. The molecule has 0 aliphatic carbocycles. The summed E-state index contributed by atoms with van der Waals surface area (Å²) in [5.41, 5.74) is 1.47. The Hall–Kier alpha value is -0.980. The highest BCUT2D eigenvalue weighted by atomic mass is 79.9. The Morgan fingerprint density at radius 3 is 3.00 bits per heavy atom. The Morgan fingerprint density at radius 2 is 2.33 bits per heavy atom. The van der Waals surface area contributed by atoms with Gasteiger partial charge in [-0.15, -0.1) is 0 Å². The minimum absolute atomic E-state index is 0.0134. The van der Waals surface area contributed by atoms with Gasteiger partial charge < -0.3 is 15.2 Å². The molecule has 1 heterocycles. The molecule has 1 aliphatic rings. The molecule has 0 fully saturated rings. The van der Waals surface area contributed by atoms with E-state index < -0.39 is 0 Å². The normalized spacial score (nSPS) is 16.3. The average Bonchev–Trinajstić information content (AvgIpc) is 2.47. The molecule has 0 saturated heterocycles. The van der Waals surface area contributed by atoms with Crippen LogP contribution in [0.1, 0.15) is 12.5 Å². The van der Waals surface area contributed by atoms with E-state index in [1.165, 1.54) is 11.8 Å². The fourth-order valence-corrected chi connectivity index (χ4v) is 3.11. The molecule has 0 bridgehead atoms. The van der Waals surface area contributed by atoms with Crippen molar-refractivity contribution in [3.05, 3.63) is 33.8 Å². The maximum Gasteiger partial charge on any atom is 0.250 e. The number of fused-ring (bicyclic) bond motifs is 1. The second kappa shape index (κ2) is 7.33. The summed E-state index contributed by atoms with van der Waals surface area (Å²) in [6.07, 6.45) is 3.76. The minimum atomic E-state index is -0.152. The summed E-state index contributed by atoms with van der Waals surface area (Å²) in [6, 6.07) is 5.60. The quantitative estimate of drug-likeness (QED) is 0.834. The maximum absolute atomic E-state index is 12.3. The van der Waals surface area contributed by atoms with Gasteiger partial charge in [0, 0.05) is 21.3 Å². The second-order valence-corrected chi connectivity index (χ2v) is 6.85. The van der Waals surface area contributed by atoms with Gasteiger partial charge >= 0.3 is 0 Å². The van der Waals surface area contributed by atoms with E-state index in [1.807, 2.05) is 37.5 Å². The van der Waals surface area contributed by atoms with E-state index in [2.05, 4.69) is 21.2 Å². The van der Waals surface area contributed by atoms with Gasteiger partial charge in [0.1, 0.15) is 12.4 Å². The Morgan fingerprint density at radius 1 is 1.57 bits per heavy atom. The first-order chi connectivity index (χ1) is 10.0. The van der Waals surface area contributed by atoms with E-state index >= 15 is 0 Å². The number of nitrogens with one attached hydrogen (secondary N) is 1. The van der Waals surface area contributed by atoms with Crippen LogP contribution in [0, 0.1) is 0 Å². The number of aliphatic hydroxyl groups excluding tert-OH is 1. The third-order valence-corrected chi connectivity index (χ3v) is 5.03. The highest BCUT2D eigenvalue weighted by Crippen LogP contribution is 2.29. The van der Waals surface area contributed by atoms with E-state index in [1.54, 1.807) is 0 Å². The first-order valence-electron chi connectivity index (χ1n) is 6.62. The molecule has 2 N–H and O–H groups in total. The van der Waals surface area contributed by atoms with Gasteiger partial charge in [-0.1, -0.05) is 15.9 Å². The van der Waals surface area contributed by atoms with Crippen molar-refractivity contribution in [3.63, 3.8) is 0 Å². The Balaban J connectivity index is 2.10. The monoisotopic (exact) mass is 371 g/mol. The van der Waals surface area contributed by atoms with Crippen LogP contribution in [-0.4, -0.2) is 41.8 Å². The topological polar surface area (TPSA) is 58.6 Å². The highest BCUT2D eigenvalue weighted by molar-refractivity contribution is 9.10. The zero-order valence-electron chi connectivity index (χ0n) is 11.9. The van der Waals surface area contributed by atoms with E-state index in [4.69, 9.17) is 4.74 Å². The molecule has 0 saturated carbocycles. The molecule has 6 heteroatoms. The molecule has 0 aromatic heterocycles. The van der Waals surface area contributed by atoms with Gasteiger partial charge in [-0.2, -0.15) is 11.8 Å². The van der Waals surface area contributed by atoms with Crippen LogP contribution in [0.15, 0.2) is 28.2 Å². The molecule has 1 aromatic rings. The van der Waals surface area contributed by atoms with Gasteiger partial charge in [-0.25, -0.2) is 0 Å². The number of hydrogen-bond acceptors (Lipinski definition) is 4. The third kappa shape index (κ3) is 4.02. The summed E-state index contributed by atoms with van der Waals surface area (Å²) in [6.45, 7) is 2.19. The number of ether oxygens (including phenoxy) is 1. The molecule has 2 atom stereocenters. The van der Waals surface area contributed by atoms with E-state index in [0.717, 1.165) is 15.8 Å². The molecule has 0 radical (unpaired) electrons. The lowest BCUT2D eigenvalue weighted by Gasteiger charge is -2.23. The van der Waals surface area contributed by atoms with Crippen LogP contribution in [0.2, 0.25) is 0 Å². The molecular weight excluding hydrogens is 354 g/mol. The van der Waals surface area contributed by atoms with Crippen LogP contribution in [0.5, 0.6) is 5.75 Å². The molecule has 2 rings (SSSR count). The predicted molar refractivity (Wildman–Crippen MR) is 89.6 cm³/mol. The SMILES string of the molecule is CSC(CO)C(C)NC(=O)C1=Cc2cc(Br)ccc2OC1. The number of amides is 1.